The Hall–Kier alpha value is -4.77. The van der Waals surface area contributed by atoms with E-state index in [4.69, 9.17) is 19.4 Å². The number of amides is 1. The van der Waals surface area contributed by atoms with Crippen LogP contribution in [0.5, 0.6) is 11.5 Å². The second kappa shape index (κ2) is 12.2. The summed E-state index contributed by atoms with van der Waals surface area (Å²) in [6.07, 6.45) is 1.49. The highest BCUT2D eigenvalue weighted by Crippen LogP contribution is 2.34. The topological polar surface area (TPSA) is 98.6 Å². The minimum Gasteiger partial charge on any atom is -0.497 e. The predicted molar refractivity (Wildman–Crippen MR) is 164 cm³/mol. The van der Waals surface area contributed by atoms with Gasteiger partial charge < -0.3 is 19.7 Å². The first kappa shape index (κ1) is 28.4. The van der Waals surface area contributed by atoms with Crippen molar-refractivity contribution in [2.75, 3.05) is 25.7 Å². The van der Waals surface area contributed by atoms with Crippen LogP contribution in [0.15, 0.2) is 77.6 Å². The number of thiazole rings is 1. The second-order valence-electron chi connectivity index (χ2n) is 10.2. The van der Waals surface area contributed by atoms with Gasteiger partial charge in [-0.3, -0.25) is 14.2 Å². The molecule has 1 saturated heterocycles. The minimum atomic E-state index is -0.497. The third-order valence-corrected chi connectivity index (χ3v) is 8.54. The van der Waals surface area contributed by atoms with E-state index in [9.17, 15) is 9.59 Å². The molecule has 5 aromatic rings. The van der Waals surface area contributed by atoms with Crippen LogP contribution in [0.2, 0.25) is 0 Å². The molecule has 43 heavy (non-hydrogen) atoms. The van der Waals surface area contributed by atoms with Crippen LogP contribution >= 0.6 is 11.3 Å². The van der Waals surface area contributed by atoms with Gasteiger partial charge >= 0.3 is 0 Å². The molecule has 9 nitrogen and oxygen atoms in total. The van der Waals surface area contributed by atoms with E-state index >= 15 is 4.39 Å². The lowest BCUT2D eigenvalue weighted by atomic mass is 10.1. The molecule has 0 aliphatic carbocycles. The number of nitrogens with zero attached hydrogens (tertiary/aromatic N) is 4. The van der Waals surface area contributed by atoms with Gasteiger partial charge in [0, 0.05) is 24.7 Å². The van der Waals surface area contributed by atoms with Gasteiger partial charge in [0.1, 0.15) is 29.2 Å². The molecule has 1 amide bonds. The molecule has 0 saturated carbocycles. The predicted octanol–water partition coefficient (Wildman–Crippen LogP) is 5.01. The first-order valence-corrected chi connectivity index (χ1v) is 14.7. The van der Waals surface area contributed by atoms with Crippen LogP contribution in [-0.2, 0) is 17.9 Å². The molecular formula is C32H30FN5O4S. The molecule has 2 aromatic heterocycles. The van der Waals surface area contributed by atoms with Gasteiger partial charge in [0.15, 0.2) is 15.5 Å². The number of hydrogen-bond donors (Lipinski definition) is 1. The first-order chi connectivity index (χ1) is 21.0. The third kappa shape index (κ3) is 5.68. The van der Waals surface area contributed by atoms with Crippen molar-refractivity contribution in [2.45, 2.75) is 32.0 Å². The van der Waals surface area contributed by atoms with E-state index in [2.05, 4.69) is 5.32 Å². The van der Waals surface area contributed by atoms with Crippen molar-refractivity contribution < 1.29 is 18.7 Å². The molecule has 3 aromatic carbocycles. The molecule has 1 fully saturated rings. The molecule has 1 atom stereocenters. The average Bonchev–Trinajstić information content (AvgIpc) is 3.70. The van der Waals surface area contributed by atoms with Gasteiger partial charge in [-0.25, -0.2) is 14.4 Å². The minimum absolute atomic E-state index is 0.0691. The van der Waals surface area contributed by atoms with Gasteiger partial charge in [0.05, 0.1) is 26.3 Å². The van der Waals surface area contributed by atoms with Crippen LogP contribution in [0.3, 0.4) is 0 Å². The molecule has 0 spiro atoms. The molecule has 0 unspecified atom stereocenters. The van der Waals surface area contributed by atoms with E-state index < -0.39 is 17.4 Å². The Morgan fingerprint density at radius 1 is 1.05 bits per heavy atom. The van der Waals surface area contributed by atoms with E-state index in [0.29, 0.717) is 46.5 Å². The van der Waals surface area contributed by atoms with Crippen LogP contribution in [0.25, 0.3) is 21.7 Å². The van der Waals surface area contributed by atoms with Crippen molar-refractivity contribution in [3.05, 3.63) is 100 Å². The number of rotatable bonds is 9. The number of fused-ring (bicyclic) bond motifs is 1. The van der Waals surface area contributed by atoms with Crippen LogP contribution in [0.4, 0.5) is 9.52 Å². The summed E-state index contributed by atoms with van der Waals surface area (Å²) < 4.78 is 27.4. The van der Waals surface area contributed by atoms with E-state index in [1.807, 2.05) is 35.2 Å². The molecule has 3 heterocycles. The van der Waals surface area contributed by atoms with Crippen molar-refractivity contribution in [3.8, 4) is 22.9 Å². The number of halogens is 1. The zero-order valence-corrected chi connectivity index (χ0v) is 24.6. The Morgan fingerprint density at radius 3 is 2.60 bits per heavy atom. The van der Waals surface area contributed by atoms with E-state index in [1.54, 1.807) is 43.5 Å². The number of aromatic nitrogens is 3. The molecule has 0 bridgehead atoms. The Kier molecular flexibility index (Phi) is 8.06. The van der Waals surface area contributed by atoms with Crippen molar-refractivity contribution in [1.82, 2.24) is 19.9 Å². The fraction of sp³-hybridized carbons (Fsp3) is 0.250. The first-order valence-electron chi connectivity index (χ1n) is 13.9. The van der Waals surface area contributed by atoms with Crippen LogP contribution in [0.1, 0.15) is 24.0 Å². The number of hydrogen-bond acceptors (Lipinski definition) is 8. The zero-order chi connectivity index (χ0) is 29.9. The van der Waals surface area contributed by atoms with Crippen molar-refractivity contribution >= 4 is 32.7 Å². The monoisotopic (exact) mass is 599 g/mol. The van der Waals surface area contributed by atoms with Crippen molar-refractivity contribution in [2.24, 2.45) is 0 Å². The van der Waals surface area contributed by atoms with Crippen LogP contribution < -0.4 is 25.2 Å². The van der Waals surface area contributed by atoms with Gasteiger partial charge in [0.2, 0.25) is 5.91 Å². The number of anilines is 1. The quantitative estimate of drug-likeness (QED) is 0.254. The van der Waals surface area contributed by atoms with E-state index in [0.717, 1.165) is 12.0 Å². The van der Waals surface area contributed by atoms with E-state index in [1.165, 1.54) is 29.1 Å². The average molecular weight is 600 g/mol. The maximum absolute atomic E-state index is 15.1. The van der Waals surface area contributed by atoms with Gasteiger partial charge in [-0.1, -0.05) is 53.8 Å². The summed E-state index contributed by atoms with van der Waals surface area (Å²) in [6.45, 7) is 1.12. The summed E-state index contributed by atoms with van der Waals surface area (Å²) in [5.74, 6) is 0.717. The number of ether oxygens (including phenoxy) is 2. The highest BCUT2D eigenvalue weighted by atomic mass is 32.1. The molecular weight excluding hydrogens is 569 g/mol. The normalized spacial score (nSPS) is 14.7. The maximum atomic E-state index is 15.1. The summed E-state index contributed by atoms with van der Waals surface area (Å²) in [5.41, 5.74) is 1.66. The fourth-order valence-electron chi connectivity index (χ4n) is 5.34. The second-order valence-corrected chi connectivity index (χ2v) is 11.1. The SMILES string of the molecule is COc1ccc(Cn2c(-c3ccccc3F)nc3sc(N4CCC[C@@H]4C(=O)NCc4ccccc4)nc3c2=O)c(OC)c1. The zero-order valence-electron chi connectivity index (χ0n) is 23.7. The van der Waals surface area contributed by atoms with Gasteiger partial charge in [-0.15, -0.1) is 0 Å². The third-order valence-electron chi connectivity index (χ3n) is 7.56. The Balaban J connectivity index is 1.39. The fourth-order valence-corrected chi connectivity index (χ4v) is 6.35. The maximum Gasteiger partial charge on any atom is 0.281 e. The summed E-state index contributed by atoms with van der Waals surface area (Å²) >= 11 is 1.23. The summed E-state index contributed by atoms with van der Waals surface area (Å²) in [4.78, 5) is 39.0. The number of carbonyl (C=O) groups excluding carboxylic acids is 1. The Morgan fingerprint density at radius 2 is 1.84 bits per heavy atom. The van der Waals surface area contributed by atoms with Crippen molar-refractivity contribution in [3.63, 3.8) is 0 Å². The standard InChI is InChI=1S/C32H30FN5O4S/c1-41-22-15-14-21(26(17-22)42-2)19-38-28(23-11-6-7-12-24(23)33)36-30-27(31(38)40)35-32(43-30)37-16-8-13-25(37)29(39)34-18-20-9-4-3-5-10-20/h3-7,9-12,14-15,17,25H,8,13,16,18-19H2,1-2H3,(H,34,39)/t25-/m1/s1. The summed E-state index contributed by atoms with van der Waals surface area (Å²) in [7, 11) is 3.10. The summed E-state index contributed by atoms with van der Waals surface area (Å²) in [6, 6.07) is 20.8. The number of benzene rings is 3. The van der Waals surface area contributed by atoms with Gasteiger partial charge in [0.25, 0.3) is 5.56 Å². The van der Waals surface area contributed by atoms with Crippen LogP contribution in [-0.4, -0.2) is 47.2 Å². The van der Waals surface area contributed by atoms with Crippen molar-refractivity contribution in [1.29, 1.82) is 0 Å². The van der Waals surface area contributed by atoms with E-state index in [-0.39, 0.29) is 29.4 Å². The lowest BCUT2D eigenvalue weighted by molar-refractivity contribution is -0.122. The highest BCUT2D eigenvalue weighted by molar-refractivity contribution is 7.21. The lowest BCUT2D eigenvalue weighted by Gasteiger charge is -2.23. The Bertz CT molecular complexity index is 1840. The van der Waals surface area contributed by atoms with Crippen LogP contribution in [0, 0.1) is 5.82 Å². The molecule has 1 aliphatic heterocycles. The smallest absolute Gasteiger partial charge is 0.281 e. The molecule has 220 valence electrons. The molecule has 6 rings (SSSR count). The van der Waals surface area contributed by atoms with Gasteiger partial charge in [-0.05, 0) is 42.7 Å². The van der Waals surface area contributed by atoms with Gasteiger partial charge in [-0.2, -0.15) is 0 Å². The Labute approximate surface area is 251 Å². The highest BCUT2D eigenvalue weighted by Gasteiger charge is 2.33. The number of methoxy groups -OCH3 is 2. The number of nitrogens with one attached hydrogen (secondary N) is 1. The lowest BCUT2D eigenvalue weighted by Crippen LogP contribution is -2.43. The molecule has 11 heteroatoms. The molecule has 1 aliphatic rings. The number of carbonyl (C=O) groups is 1. The largest absolute Gasteiger partial charge is 0.497 e. The molecule has 1 N–H and O–H groups in total. The summed E-state index contributed by atoms with van der Waals surface area (Å²) in [5, 5.41) is 3.57. The molecule has 0 radical (unpaired) electrons.